The molecule has 3 N–H and O–H groups in total. The second kappa shape index (κ2) is 7.81. The number of nitrogens with zero attached hydrogens (tertiary/aromatic N) is 2. The van der Waals surface area contributed by atoms with Crippen molar-refractivity contribution < 1.29 is 14.4 Å². The number of amides is 3. The van der Waals surface area contributed by atoms with E-state index in [-0.39, 0.29) is 29.7 Å². The Hall–Kier alpha value is -2.97. The van der Waals surface area contributed by atoms with Crippen LogP contribution in [0.4, 0.5) is 0 Å². The van der Waals surface area contributed by atoms with Crippen LogP contribution in [0.1, 0.15) is 65.0 Å². The number of rotatable bonds is 5. The Balaban J connectivity index is 1.15. The van der Waals surface area contributed by atoms with Gasteiger partial charge in [0.15, 0.2) is 0 Å². The summed E-state index contributed by atoms with van der Waals surface area (Å²) < 4.78 is 2.45. The summed E-state index contributed by atoms with van der Waals surface area (Å²) in [6.45, 7) is 3.73. The Labute approximate surface area is 192 Å². The molecule has 3 aliphatic heterocycles. The highest BCUT2D eigenvalue weighted by molar-refractivity contribution is 6.05. The highest BCUT2D eigenvalue weighted by Crippen LogP contribution is 2.43. The number of benzene rings is 1. The van der Waals surface area contributed by atoms with Crippen LogP contribution in [0.2, 0.25) is 0 Å². The van der Waals surface area contributed by atoms with E-state index in [0.29, 0.717) is 25.1 Å². The predicted octanol–water partition coefficient (Wildman–Crippen LogP) is 1.52. The Bertz CT molecular complexity index is 1150. The van der Waals surface area contributed by atoms with Crippen molar-refractivity contribution in [1.29, 1.82) is 0 Å². The second-order valence-corrected chi connectivity index (χ2v) is 9.68. The lowest BCUT2D eigenvalue weighted by atomic mass is 9.73. The van der Waals surface area contributed by atoms with Crippen LogP contribution in [-0.4, -0.2) is 39.8 Å². The van der Waals surface area contributed by atoms with E-state index in [0.717, 1.165) is 30.8 Å². The third kappa shape index (κ3) is 3.31. The first-order valence-electron chi connectivity index (χ1n) is 12.0. The van der Waals surface area contributed by atoms with Gasteiger partial charge in [-0.1, -0.05) is 18.2 Å². The molecule has 1 aromatic heterocycles. The third-order valence-electron chi connectivity index (χ3n) is 7.83. The fourth-order valence-corrected chi connectivity index (χ4v) is 5.97. The topological polar surface area (TPSA) is 95.5 Å². The van der Waals surface area contributed by atoms with E-state index in [2.05, 4.69) is 32.7 Å². The Morgan fingerprint density at radius 2 is 1.97 bits per heavy atom. The molecule has 1 spiro atoms. The molecule has 8 heteroatoms. The summed E-state index contributed by atoms with van der Waals surface area (Å²) in [5.74, 6) is -0.754. The maximum Gasteiger partial charge on any atom is 0.255 e. The highest BCUT2D eigenvalue weighted by atomic mass is 16.2. The minimum atomic E-state index is -0.580. The van der Waals surface area contributed by atoms with Crippen LogP contribution in [-0.2, 0) is 41.3 Å². The molecule has 33 heavy (non-hydrogen) atoms. The van der Waals surface area contributed by atoms with Gasteiger partial charge in [0.05, 0.1) is 5.54 Å². The van der Waals surface area contributed by atoms with Crippen molar-refractivity contribution in [2.75, 3.05) is 6.54 Å². The van der Waals surface area contributed by atoms with Gasteiger partial charge in [0.2, 0.25) is 11.8 Å². The van der Waals surface area contributed by atoms with Crippen molar-refractivity contribution in [1.82, 2.24) is 25.4 Å². The van der Waals surface area contributed by atoms with E-state index >= 15 is 0 Å². The van der Waals surface area contributed by atoms with E-state index in [1.807, 2.05) is 18.2 Å². The van der Waals surface area contributed by atoms with Crippen molar-refractivity contribution in [3.8, 4) is 0 Å². The Kier molecular flexibility index (Phi) is 4.88. The number of hydrogen-bond acceptors (Lipinski definition) is 5. The van der Waals surface area contributed by atoms with Crippen LogP contribution in [0.5, 0.6) is 0 Å². The van der Waals surface area contributed by atoms with Gasteiger partial charge < -0.3 is 20.1 Å². The molecule has 4 aliphatic rings. The lowest BCUT2D eigenvalue weighted by molar-refractivity contribution is -0.136. The van der Waals surface area contributed by atoms with E-state index in [1.165, 1.54) is 30.7 Å². The number of carbonyl (C=O) groups is 3. The smallest absolute Gasteiger partial charge is 0.255 e. The quantitative estimate of drug-likeness (QED) is 0.604. The molecule has 4 heterocycles. The van der Waals surface area contributed by atoms with E-state index in [1.54, 1.807) is 4.90 Å². The summed E-state index contributed by atoms with van der Waals surface area (Å²) >= 11 is 0. The van der Waals surface area contributed by atoms with E-state index < -0.39 is 6.04 Å². The first-order valence-corrected chi connectivity index (χ1v) is 12.0. The fraction of sp³-hybridized carbons (Fsp3) is 0.480. The monoisotopic (exact) mass is 447 g/mol. The zero-order valence-corrected chi connectivity index (χ0v) is 18.7. The number of piperidine rings is 1. The molecular formula is C25H29N5O3. The molecule has 1 aliphatic carbocycles. The minimum absolute atomic E-state index is 0.116. The lowest BCUT2D eigenvalue weighted by Gasteiger charge is -2.46. The summed E-state index contributed by atoms with van der Waals surface area (Å²) in [6, 6.07) is 9.82. The van der Waals surface area contributed by atoms with Crippen LogP contribution < -0.4 is 16.0 Å². The fourth-order valence-electron chi connectivity index (χ4n) is 5.97. The zero-order valence-electron chi connectivity index (χ0n) is 18.7. The number of hydrogen-bond donors (Lipinski definition) is 3. The summed E-state index contributed by atoms with van der Waals surface area (Å²) in [4.78, 5) is 38.7. The molecule has 1 unspecified atom stereocenters. The van der Waals surface area contributed by atoms with Crippen molar-refractivity contribution in [3.05, 3.63) is 58.4 Å². The largest absolute Gasteiger partial charge is 0.344 e. The van der Waals surface area contributed by atoms with Gasteiger partial charge in [-0.3, -0.25) is 19.7 Å². The number of fused-ring (bicyclic) bond motifs is 3. The molecule has 0 radical (unpaired) electrons. The maximum atomic E-state index is 13.3. The highest BCUT2D eigenvalue weighted by Gasteiger charge is 2.43. The average molecular weight is 448 g/mol. The molecule has 1 aromatic carbocycles. The van der Waals surface area contributed by atoms with Gasteiger partial charge in [0, 0.05) is 56.1 Å². The second-order valence-electron chi connectivity index (χ2n) is 9.68. The van der Waals surface area contributed by atoms with Gasteiger partial charge in [-0.25, -0.2) is 0 Å². The molecule has 1 saturated carbocycles. The summed E-state index contributed by atoms with van der Waals surface area (Å²) in [5.41, 5.74) is 5.47. The normalized spacial score (nSPS) is 23.3. The SMILES string of the molecule is O=C1CCC(N2Cc3cccc(CNCc4ccc5n4CCNC54CCC4)c3C2=O)C(=O)N1. The molecule has 2 fully saturated rings. The Morgan fingerprint density at radius 1 is 1.09 bits per heavy atom. The van der Waals surface area contributed by atoms with Crippen LogP contribution >= 0.6 is 0 Å². The molecule has 1 atom stereocenters. The molecular weight excluding hydrogens is 418 g/mol. The average Bonchev–Trinajstić information content (AvgIpc) is 3.34. The van der Waals surface area contributed by atoms with Gasteiger partial charge in [-0.05, 0) is 48.9 Å². The van der Waals surface area contributed by atoms with Crippen molar-refractivity contribution in [3.63, 3.8) is 0 Å². The van der Waals surface area contributed by atoms with Crippen LogP contribution in [0.3, 0.4) is 0 Å². The molecule has 8 nitrogen and oxygen atoms in total. The number of nitrogens with one attached hydrogen (secondary N) is 3. The third-order valence-corrected chi connectivity index (χ3v) is 7.83. The number of aromatic nitrogens is 1. The first kappa shape index (κ1) is 20.6. The lowest BCUT2D eigenvalue weighted by Crippen LogP contribution is -2.53. The van der Waals surface area contributed by atoms with Crippen molar-refractivity contribution in [2.24, 2.45) is 0 Å². The molecule has 3 amide bonds. The van der Waals surface area contributed by atoms with Crippen molar-refractivity contribution >= 4 is 17.7 Å². The minimum Gasteiger partial charge on any atom is -0.344 e. The summed E-state index contributed by atoms with van der Waals surface area (Å²) in [5, 5.41) is 9.63. The maximum absolute atomic E-state index is 13.3. The van der Waals surface area contributed by atoms with E-state index in [4.69, 9.17) is 0 Å². The van der Waals surface area contributed by atoms with Gasteiger partial charge >= 0.3 is 0 Å². The number of carbonyl (C=O) groups excluding carboxylic acids is 3. The summed E-state index contributed by atoms with van der Waals surface area (Å²) in [7, 11) is 0. The van der Waals surface area contributed by atoms with Crippen molar-refractivity contribution in [2.45, 2.75) is 69.9 Å². The van der Waals surface area contributed by atoms with E-state index in [9.17, 15) is 14.4 Å². The van der Waals surface area contributed by atoms with Gasteiger partial charge in [-0.15, -0.1) is 0 Å². The zero-order chi connectivity index (χ0) is 22.6. The predicted molar refractivity (Wildman–Crippen MR) is 121 cm³/mol. The molecule has 6 rings (SSSR count). The van der Waals surface area contributed by atoms with Crippen LogP contribution in [0.25, 0.3) is 0 Å². The summed E-state index contributed by atoms with van der Waals surface area (Å²) in [6.07, 6.45) is 4.36. The van der Waals surface area contributed by atoms with Crippen LogP contribution in [0, 0.1) is 0 Å². The standard InChI is InChI=1S/C25H29N5O3/c31-21-8-6-19(23(32)28-21)30-15-17-4-1-3-16(22(17)24(30)33)13-26-14-18-5-7-20-25(9-2-10-25)27-11-12-29(18)20/h1,3-5,7,19,26-27H,2,6,8-15H2,(H,28,31,32). The molecule has 2 aromatic rings. The van der Waals surface area contributed by atoms with Gasteiger partial charge in [0.25, 0.3) is 5.91 Å². The number of imide groups is 1. The van der Waals surface area contributed by atoms with Crippen LogP contribution in [0.15, 0.2) is 30.3 Å². The molecule has 0 bridgehead atoms. The van der Waals surface area contributed by atoms with Gasteiger partial charge in [-0.2, -0.15) is 0 Å². The Morgan fingerprint density at radius 3 is 2.76 bits per heavy atom. The van der Waals surface area contributed by atoms with Gasteiger partial charge in [0.1, 0.15) is 6.04 Å². The first-order chi connectivity index (χ1) is 16.1. The molecule has 172 valence electrons. The molecule has 1 saturated heterocycles.